The molecule has 0 aliphatic rings. The van der Waals surface area contributed by atoms with Crippen LogP contribution in [0.25, 0.3) is 10.9 Å². The van der Waals surface area contributed by atoms with Crippen molar-refractivity contribution in [2.75, 3.05) is 13.2 Å². The fourth-order valence-corrected chi connectivity index (χ4v) is 2.28. The van der Waals surface area contributed by atoms with E-state index in [1.165, 1.54) is 10.9 Å². The predicted molar refractivity (Wildman–Crippen MR) is 84.3 cm³/mol. The van der Waals surface area contributed by atoms with Gasteiger partial charge in [0.1, 0.15) is 5.75 Å². The average Bonchev–Trinajstić information content (AvgIpc) is 2.46. The lowest BCUT2D eigenvalue weighted by atomic mass is 10.1. The first-order valence-corrected chi connectivity index (χ1v) is 7.47. The van der Waals surface area contributed by atoms with Crippen LogP contribution >= 0.6 is 0 Å². The number of nitrogens with zero attached hydrogens (tertiary/aromatic N) is 1. The molecule has 0 amide bonds. The number of hydrogen-bond donors (Lipinski definition) is 1. The standard InChI is InChI=1S/C17H24N2O/c1-3-4-10-20-15-7-8-17-16(12-15)13(2)11-14(19-17)6-5-9-18/h7-8,11-12H,3-6,9-10,18H2,1-2H3. The zero-order valence-electron chi connectivity index (χ0n) is 12.5. The summed E-state index contributed by atoms with van der Waals surface area (Å²) >= 11 is 0. The highest BCUT2D eigenvalue weighted by molar-refractivity contribution is 5.83. The Balaban J connectivity index is 2.22. The second kappa shape index (κ2) is 7.25. The van der Waals surface area contributed by atoms with Crippen molar-refractivity contribution < 1.29 is 4.74 Å². The summed E-state index contributed by atoms with van der Waals surface area (Å²) in [5.74, 6) is 0.936. The Morgan fingerprint density at radius 1 is 1.20 bits per heavy atom. The van der Waals surface area contributed by atoms with E-state index in [0.717, 1.165) is 49.3 Å². The maximum Gasteiger partial charge on any atom is 0.120 e. The molecule has 1 aromatic heterocycles. The van der Waals surface area contributed by atoms with Crippen LogP contribution in [0.4, 0.5) is 0 Å². The Hall–Kier alpha value is -1.61. The number of benzene rings is 1. The number of ether oxygens (including phenoxy) is 1. The van der Waals surface area contributed by atoms with Crippen LogP contribution in [0, 0.1) is 6.92 Å². The van der Waals surface area contributed by atoms with Gasteiger partial charge < -0.3 is 10.5 Å². The SMILES string of the molecule is CCCCOc1ccc2nc(CCCN)cc(C)c2c1. The molecule has 0 saturated heterocycles. The summed E-state index contributed by atoms with van der Waals surface area (Å²) in [5, 5.41) is 1.18. The molecule has 1 aromatic carbocycles. The molecule has 0 aliphatic carbocycles. The lowest BCUT2D eigenvalue weighted by Gasteiger charge is -2.09. The fourth-order valence-electron chi connectivity index (χ4n) is 2.28. The van der Waals surface area contributed by atoms with Gasteiger partial charge in [-0.3, -0.25) is 4.98 Å². The predicted octanol–water partition coefficient (Wildman–Crippen LogP) is 3.61. The first kappa shape index (κ1) is 14.8. The molecule has 3 nitrogen and oxygen atoms in total. The van der Waals surface area contributed by atoms with Crippen molar-refractivity contribution in [1.29, 1.82) is 0 Å². The second-order valence-corrected chi connectivity index (χ2v) is 5.20. The molecule has 2 N–H and O–H groups in total. The van der Waals surface area contributed by atoms with E-state index in [2.05, 4.69) is 32.0 Å². The van der Waals surface area contributed by atoms with Gasteiger partial charge in [0.25, 0.3) is 0 Å². The van der Waals surface area contributed by atoms with E-state index in [-0.39, 0.29) is 0 Å². The maximum atomic E-state index is 5.76. The van der Waals surface area contributed by atoms with Gasteiger partial charge in [-0.15, -0.1) is 0 Å². The number of aromatic nitrogens is 1. The molecular weight excluding hydrogens is 248 g/mol. The van der Waals surface area contributed by atoms with Crippen molar-refractivity contribution in [2.24, 2.45) is 5.73 Å². The number of rotatable bonds is 7. The van der Waals surface area contributed by atoms with Crippen LogP contribution in [0.2, 0.25) is 0 Å². The van der Waals surface area contributed by atoms with Gasteiger partial charge >= 0.3 is 0 Å². The molecule has 0 spiro atoms. The number of aryl methyl sites for hydroxylation is 2. The highest BCUT2D eigenvalue weighted by Crippen LogP contribution is 2.24. The van der Waals surface area contributed by atoms with Gasteiger partial charge in [-0.2, -0.15) is 0 Å². The molecule has 3 heteroatoms. The lowest BCUT2D eigenvalue weighted by Crippen LogP contribution is -2.02. The summed E-state index contributed by atoms with van der Waals surface area (Å²) in [5.41, 5.74) is 8.98. The van der Waals surface area contributed by atoms with Gasteiger partial charge in [0.05, 0.1) is 12.1 Å². The van der Waals surface area contributed by atoms with E-state index >= 15 is 0 Å². The minimum Gasteiger partial charge on any atom is -0.494 e. The van der Waals surface area contributed by atoms with Crippen molar-refractivity contribution >= 4 is 10.9 Å². The van der Waals surface area contributed by atoms with Crippen LogP contribution in [0.5, 0.6) is 5.75 Å². The van der Waals surface area contributed by atoms with Gasteiger partial charge in [0.2, 0.25) is 0 Å². The molecule has 2 aromatic rings. The summed E-state index contributed by atoms with van der Waals surface area (Å²) in [6.07, 6.45) is 4.17. The normalized spacial score (nSPS) is 10.9. The van der Waals surface area contributed by atoms with E-state index in [9.17, 15) is 0 Å². The van der Waals surface area contributed by atoms with E-state index in [0.29, 0.717) is 6.54 Å². The summed E-state index contributed by atoms with van der Waals surface area (Å²) in [7, 11) is 0. The second-order valence-electron chi connectivity index (χ2n) is 5.20. The molecule has 0 unspecified atom stereocenters. The van der Waals surface area contributed by atoms with Crippen LogP contribution in [0.3, 0.4) is 0 Å². The monoisotopic (exact) mass is 272 g/mol. The molecule has 0 bridgehead atoms. The molecular formula is C17H24N2O. The summed E-state index contributed by atoms with van der Waals surface area (Å²) in [4.78, 5) is 4.70. The third-order valence-electron chi connectivity index (χ3n) is 3.44. The van der Waals surface area contributed by atoms with E-state index < -0.39 is 0 Å². The molecule has 0 radical (unpaired) electrons. The number of nitrogens with two attached hydrogens (primary N) is 1. The Labute approximate surface area is 121 Å². The zero-order valence-corrected chi connectivity index (χ0v) is 12.5. The molecule has 0 aliphatic heterocycles. The van der Waals surface area contributed by atoms with Gasteiger partial charge in [-0.25, -0.2) is 0 Å². The van der Waals surface area contributed by atoms with Gasteiger partial charge in [0, 0.05) is 11.1 Å². The van der Waals surface area contributed by atoms with Crippen LogP contribution in [-0.2, 0) is 6.42 Å². The van der Waals surface area contributed by atoms with E-state index in [1.54, 1.807) is 0 Å². The quantitative estimate of drug-likeness (QED) is 0.783. The Morgan fingerprint density at radius 3 is 2.80 bits per heavy atom. The Kier molecular flexibility index (Phi) is 5.36. The maximum absolute atomic E-state index is 5.76. The van der Waals surface area contributed by atoms with Crippen LogP contribution in [0.1, 0.15) is 37.4 Å². The number of hydrogen-bond acceptors (Lipinski definition) is 3. The largest absolute Gasteiger partial charge is 0.494 e. The van der Waals surface area contributed by atoms with Crippen molar-refractivity contribution in [3.05, 3.63) is 35.5 Å². The average molecular weight is 272 g/mol. The van der Waals surface area contributed by atoms with Crippen LogP contribution in [-0.4, -0.2) is 18.1 Å². The topological polar surface area (TPSA) is 48.1 Å². The molecule has 0 fully saturated rings. The van der Waals surface area contributed by atoms with Gasteiger partial charge in [0.15, 0.2) is 0 Å². The first-order chi connectivity index (χ1) is 9.74. The first-order valence-electron chi connectivity index (χ1n) is 7.47. The molecule has 2 rings (SSSR count). The summed E-state index contributed by atoms with van der Waals surface area (Å²) in [6, 6.07) is 8.32. The lowest BCUT2D eigenvalue weighted by molar-refractivity contribution is 0.310. The summed E-state index contributed by atoms with van der Waals surface area (Å²) in [6.45, 7) is 5.79. The summed E-state index contributed by atoms with van der Waals surface area (Å²) < 4.78 is 5.76. The van der Waals surface area contributed by atoms with Gasteiger partial charge in [-0.05, 0) is 62.6 Å². The third-order valence-corrected chi connectivity index (χ3v) is 3.44. The van der Waals surface area contributed by atoms with Crippen molar-refractivity contribution in [3.8, 4) is 5.75 Å². The van der Waals surface area contributed by atoms with Crippen LogP contribution in [0.15, 0.2) is 24.3 Å². The highest BCUT2D eigenvalue weighted by Gasteiger charge is 2.05. The number of fused-ring (bicyclic) bond motifs is 1. The minimum absolute atomic E-state index is 0.711. The molecule has 108 valence electrons. The molecule has 0 saturated carbocycles. The molecule has 20 heavy (non-hydrogen) atoms. The Morgan fingerprint density at radius 2 is 2.05 bits per heavy atom. The zero-order chi connectivity index (χ0) is 14.4. The van der Waals surface area contributed by atoms with Crippen molar-refractivity contribution in [2.45, 2.75) is 39.5 Å². The smallest absolute Gasteiger partial charge is 0.120 e. The number of pyridine rings is 1. The van der Waals surface area contributed by atoms with Crippen LogP contribution < -0.4 is 10.5 Å². The fraction of sp³-hybridized carbons (Fsp3) is 0.471. The molecule has 1 heterocycles. The third kappa shape index (κ3) is 3.70. The van der Waals surface area contributed by atoms with Crippen molar-refractivity contribution in [3.63, 3.8) is 0 Å². The van der Waals surface area contributed by atoms with E-state index in [1.807, 2.05) is 6.07 Å². The van der Waals surface area contributed by atoms with E-state index in [4.69, 9.17) is 15.5 Å². The van der Waals surface area contributed by atoms with Crippen molar-refractivity contribution in [1.82, 2.24) is 4.98 Å². The highest BCUT2D eigenvalue weighted by atomic mass is 16.5. The van der Waals surface area contributed by atoms with Gasteiger partial charge in [-0.1, -0.05) is 13.3 Å². The Bertz CT molecular complexity index is 566. The number of unbranched alkanes of at least 4 members (excludes halogenated alkanes) is 1. The minimum atomic E-state index is 0.711. The molecule has 0 atom stereocenters.